The van der Waals surface area contributed by atoms with Crippen LogP contribution in [0.25, 0.3) is 0 Å². The van der Waals surface area contributed by atoms with Crippen molar-refractivity contribution in [1.29, 1.82) is 0 Å². The normalized spacial score (nSPS) is 16.5. The lowest BCUT2D eigenvalue weighted by atomic mass is 9.94. The maximum atomic E-state index is 2.27. The molecule has 10 heavy (non-hydrogen) atoms. The molecule has 54 valence electrons. The molecule has 0 amide bonds. The topological polar surface area (TPSA) is 0 Å². The van der Waals surface area contributed by atoms with E-state index in [1.54, 1.807) is 0 Å². The molecule has 0 unspecified atom stereocenters. The van der Waals surface area contributed by atoms with E-state index >= 15 is 0 Å². The van der Waals surface area contributed by atoms with E-state index in [-0.39, 0.29) is 0 Å². The zero-order valence-electron chi connectivity index (χ0n) is 6.89. The first-order chi connectivity index (χ1) is 4.58. The molecule has 0 N–H and O–H groups in total. The summed E-state index contributed by atoms with van der Waals surface area (Å²) in [5.74, 6) is 0. The van der Waals surface area contributed by atoms with E-state index in [1.165, 1.54) is 5.57 Å². The maximum absolute atomic E-state index is 2.27. The molecule has 0 radical (unpaired) electrons. The molecule has 0 saturated carbocycles. The van der Waals surface area contributed by atoms with Gasteiger partial charge in [-0.25, -0.2) is 0 Å². The Morgan fingerprint density at radius 2 is 1.60 bits per heavy atom. The van der Waals surface area contributed by atoms with Gasteiger partial charge in [0.1, 0.15) is 0 Å². The standard InChI is InChI=1S/C10H14/c1-10(2,3)8-9-6-4-5-7-9/h4-8H,1-3H3. The summed E-state index contributed by atoms with van der Waals surface area (Å²) in [6.45, 7) is 6.62. The first-order valence-corrected chi connectivity index (χ1v) is 3.65. The molecule has 1 aliphatic rings. The highest BCUT2D eigenvalue weighted by molar-refractivity contribution is 5.40. The highest BCUT2D eigenvalue weighted by Gasteiger charge is 2.06. The lowest BCUT2D eigenvalue weighted by Gasteiger charge is -2.11. The number of rotatable bonds is 0. The Kier molecular flexibility index (Phi) is 1.80. The summed E-state index contributed by atoms with van der Waals surface area (Å²) < 4.78 is 0. The fraction of sp³-hybridized carbons (Fsp3) is 0.400. The van der Waals surface area contributed by atoms with Crippen molar-refractivity contribution >= 4 is 0 Å². The minimum Gasteiger partial charge on any atom is -0.0719 e. The average Bonchev–Trinajstić information content (AvgIpc) is 2.12. The molecule has 0 fully saturated rings. The van der Waals surface area contributed by atoms with Crippen LogP contribution in [-0.4, -0.2) is 0 Å². The van der Waals surface area contributed by atoms with E-state index < -0.39 is 0 Å². The van der Waals surface area contributed by atoms with E-state index in [2.05, 4.69) is 51.2 Å². The largest absolute Gasteiger partial charge is 0.0719 e. The quantitative estimate of drug-likeness (QED) is 0.477. The van der Waals surface area contributed by atoms with Crippen LogP contribution in [0.15, 0.2) is 36.0 Å². The molecule has 0 aromatic heterocycles. The van der Waals surface area contributed by atoms with Crippen molar-refractivity contribution in [2.45, 2.75) is 20.8 Å². The summed E-state index contributed by atoms with van der Waals surface area (Å²) in [4.78, 5) is 0. The zero-order valence-corrected chi connectivity index (χ0v) is 6.89. The lowest BCUT2D eigenvalue weighted by Crippen LogP contribution is -1.99. The molecule has 0 nitrogen and oxygen atoms in total. The highest BCUT2D eigenvalue weighted by Crippen LogP contribution is 2.20. The molecule has 1 rings (SSSR count). The van der Waals surface area contributed by atoms with E-state index in [9.17, 15) is 0 Å². The Morgan fingerprint density at radius 1 is 1.10 bits per heavy atom. The van der Waals surface area contributed by atoms with Crippen LogP contribution in [0.1, 0.15) is 20.8 Å². The molecule has 0 bridgehead atoms. The third-order valence-electron chi connectivity index (χ3n) is 1.29. The summed E-state index contributed by atoms with van der Waals surface area (Å²) in [5.41, 5.74) is 1.63. The van der Waals surface area contributed by atoms with Crippen LogP contribution in [0, 0.1) is 5.41 Å². The molecule has 0 aliphatic heterocycles. The van der Waals surface area contributed by atoms with E-state index in [4.69, 9.17) is 0 Å². The second-order valence-corrected chi connectivity index (χ2v) is 3.73. The van der Waals surface area contributed by atoms with Crippen molar-refractivity contribution < 1.29 is 0 Å². The van der Waals surface area contributed by atoms with Gasteiger partial charge in [0.25, 0.3) is 0 Å². The summed E-state index contributed by atoms with van der Waals surface area (Å²) >= 11 is 0. The van der Waals surface area contributed by atoms with Crippen molar-refractivity contribution in [3.05, 3.63) is 36.0 Å². The monoisotopic (exact) mass is 134 g/mol. The van der Waals surface area contributed by atoms with Gasteiger partial charge in [0.15, 0.2) is 0 Å². The molecule has 0 saturated heterocycles. The van der Waals surface area contributed by atoms with Crippen molar-refractivity contribution in [2.75, 3.05) is 0 Å². The Balaban J connectivity index is 2.73. The molecular weight excluding hydrogens is 120 g/mol. The van der Waals surface area contributed by atoms with E-state index in [1.807, 2.05) is 0 Å². The maximum Gasteiger partial charge on any atom is -0.0194 e. The summed E-state index contributed by atoms with van der Waals surface area (Å²) in [6, 6.07) is 0. The summed E-state index contributed by atoms with van der Waals surface area (Å²) in [7, 11) is 0. The van der Waals surface area contributed by atoms with Gasteiger partial charge in [-0.3, -0.25) is 0 Å². The lowest BCUT2D eigenvalue weighted by molar-refractivity contribution is 0.542. The van der Waals surface area contributed by atoms with Crippen molar-refractivity contribution in [3.63, 3.8) is 0 Å². The third kappa shape index (κ3) is 2.22. The van der Waals surface area contributed by atoms with Gasteiger partial charge < -0.3 is 0 Å². The van der Waals surface area contributed by atoms with Crippen LogP contribution in [0.5, 0.6) is 0 Å². The number of hydrogen-bond donors (Lipinski definition) is 0. The molecule has 0 aromatic rings. The smallest absolute Gasteiger partial charge is 0.0194 e. The van der Waals surface area contributed by atoms with Gasteiger partial charge in [-0.1, -0.05) is 51.2 Å². The van der Waals surface area contributed by atoms with Gasteiger partial charge in [0, 0.05) is 0 Å². The Hall–Kier alpha value is -0.780. The molecule has 0 heterocycles. The third-order valence-corrected chi connectivity index (χ3v) is 1.29. The fourth-order valence-corrected chi connectivity index (χ4v) is 0.985. The first kappa shape index (κ1) is 7.33. The minimum atomic E-state index is 0.300. The SMILES string of the molecule is CC(C)(C)C=C1C=CC=C1. The van der Waals surface area contributed by atoms with Crippen molar-refractivity contribution in [2.24, 2.45) is 5.41 Å². The minimum absolute atomic E-state index is 0.300. The summed E-state index contributed by atoms with van der Waals surface area (Å²) in [5, 5.41) is 0. The fourth-order valence-electron chi connectivity index (χ4n) is 0.985. The number of hydrogen-bond acceptors (Lipinski definition) is 0. The van der Waals surface area contributed by atoms with Crippen LogP contribution >= 0.6 is 0 Å². The molecule has 0 heteroatoms. The van der Waals surface area contributed by atoms with Crippen molar-refractivity contribution in [3.8, 4) is 0 Å². The Bertz CT molecular complexity index is 183. The van der Waals surface area contributed by atoms with Gasteiger partial charge in [-0.15, -0.1) is 0 Å². The van der Waals surface area contributed by atoms with Crippen LogP contribution in [0.2, 0.25) is 0 Å². The average molecular weight is 134 g/mol. The van der Waals surface area contributed by atoms with E-state index in [0.717, 1.165) is 0 Å². The van der Waals surface area contributed by atoms with Crippen LogP contribution < -0.4 is 0 Å². The van der Waals surface area contributed by atoms with Gasteiger partial charge in [-0.2, -0.15) is 0 Å². The first-order valence-electron chi connectivity index (χ1n) is 3.65. The number of allylic oxidation sites excluding steroid dienone is 6. The molecule has 1 aliphatic carbocycles. The van der Waals surface area contributed by atoms with Crippen LogP contribution in [-0.2, 0) is 0 Å². The Labute approximate surface area is 62.9 Å². The molecule has 0 atom stereocenters. The second-order valence-electron chi connectivity index (χ2n) is 3.73. The van der Waals surface area contributed by atoms with E-state index in [0.29, 0.717) is 5.41 Å². The predicted molar refractivity (Wildman–Crippen MR) is 45.8 cm³/mol. The van der Waals surface area contributed by atoms with Gasteiger partial charge in [0.2, 0.25) is 0 Å². The molecule has 0 spiro atoms. The van der Waals surface area contributed by atoms with Crippen LogP contribution in [0.4, 0.5) is 0 Å². The summed E-state index contributed by atoms with van der Waals surface area (Å²) in [6.07, 6.45) is 10.7. The predicted octanol–water partition coefficient (Wildman–Crippen LogP) is 3.08. The Morgan fingerprint density at radius 3 is 2.00 bits per heavy atom. The van der Waals surface area contributed by atoms with Gasteiger partial charge >= 0.3 is 0 Å². The van der Waals surface area contributed by atoms with Crippen LogP contribution in [0.3, 0.4) is 0 Å². The highest BCUT2D eigenvalue weighted by atomic mass is 14.1. The van der Waals surface area contributed by atoms with Crippen molar-refractivity contribution in [1.82, 2.24) is 0 Å². The van der Waals surface area contributed by atoms with Gasteiger partial charge in [0.05, 0.1) is 0 Å². The molecular formula is C10H14. The molecule has 0 aromatic carbocycles. The second kappa shape index (κ2) is 2.45. The zero-order chi connectivity index (χ0) is 7.61. The van der Waals surface area contributed by atoms with Gasteiger partial charge in [-0.05, 0) is 11.0 Å².